The summed E-state index contributed by atoms with van der Waals surface area (Å²) in [4.78, 5) is 13.4. The van der Waals surface area contributed by atoms with Crippen LogP contribution in [-0.2, 0) is 11.0 Å². The minimum absolute atomic E-state index is 0. The molecule has 1 saturated heterocycles. The van der Waals surface area contributed by atoms with E-state index in [0.29, 0.717) is 18.7 Å². The lowest BCUT2D eigenvalue weighted by Gasteiger charge is -2.12. The monoisotopic (exact) mass is 320 g/mol. The van der Waals surface area contributed by atoms with Gasteiger partial charge in [-0.15, -0.1) is 12.4 Å². The summed E-state index contributed by atoms with van der Waals surface area (Å²) in [6, 6.07) is 4.68. The molecular formula is C14H16ClF3N2O. The predicted molar refractivity (Wildman–Crippen MR) is 76.9 cm³/mol. The van der Waals surface area contributed by atoms with Crippen LogP contribution in [0.1, 0.15) is 17.5 Å². The third-order valence-corrected chi connectivity index (χ3v) is 3.19. The van der Waals surface area contributed by atoms with Crippen LogP contribution in [0.2, 0.25) is 0 Å². The molecule has 1 fully saturated rings. The third kappa shape index (κ3) is 4.75. The second-order valence-corrected chi connectivity index (χ2v) is 4.79. The largest absolute Gasteiger partial charge is 0.416 e. The van der Waals surface area contributed by atoms with E-state index < -0.39 is 11.7 Å². The quantitative estimate of drug-likeness (QED) is 0.852. The maximum atomic E-state index is 12.4. The van der Waals surface area contributed by atoms with Crippen LogP contribution in [0.3, 0.4) is 0 Å². The van der Waals surface area contributed by atoms with Gasteiger partial charge in [0, 0.05) is 25.2 Å². The minimum atomic E-state index is -4.34. The maximum Gasteiger partial charge on any atom is 0.416 e. The highest BCUT2D eigenvalue weighted by molar-refractivity contribution is 5.92. The molecule has 0 unspecified atom stereocenters. The van der Waals surface area contributed by atoms with Crippen LogP contribution >= 0.6 is 12.4 Å². The van der Waals surface area contributed by atoms with E-state index in [9.17, 15) is 18.0 Å². The number of hydrogen-bond acceptors (Lipinski definition) is 2. The number of likely N-dealkylation sites (tertiary alicyclic amines) is 1. The molecule has 0 bridgehead atoms. The molecule has 2 N–H and O–H groups in total. The SMILES string of the molecule is Cl.N[C@@H]1CCN(C(=O)/C=C/c2ccc(C(F)(F)F)cc2)C1. The maximum absolute atomic E-state index is 12.4. The smallest absolute Gasteiger partial charge is 0.338 e. The Morgan fingerprint density at radius 3 is 2.38 bits per heavy atom. The zero-order valence-corrected chi connectivity index (χ0v) is 12.0. The lowest BCUT2D eigenvalue weighted by atomic mass is 10.1. The van der Waals surface area contributed by atoms with Crippen molar-refractivity contribution in [1.29, 1.82) is 0 Å². The summed E-state index contributed by atoms with van der Waals surface area (Å²) in [7, 11) is 0. The minimum Gasteiger partial charge on any atom is -0.338 e. The second kappa shape index (κ2) is 6.95. The van der Waals surface area contributed by atoms with Gasteiger partial charge >= 0.3 is 6.18 Å². The van der Waals surface area contributed by atoms with Crippen LogP contribution in [0.25, 0.3) is 6.08 Å². The van der Waals surface area contributed by atoms with Gasteiger partial charge in [0.1, 0.15) is 0 Å². The second-order valence-electron chi connectivity index (χ2n) is 4.79. The molecule has 1 heterocycles. The van der Waals surface area contributed by atoms with Gasteiger partial charge in [-0.2, -0.15) is 13.2 Å². The third-order valence-electron chi connectivity index (χ3n) is 3.19. The van der Waals surface area contributed by atoms with Gasteiger partial charge in [-0.1, -0.05) is 12.1 Å². The Balaban J connectivity index is 0.00000220. The molecule has 1 atom stereocenters. The van der Waals surface area contributed by atoms with Crippen molar-refractivity contribution < 1.29 is 18.0 Å². The van der Waals surface area contributed by atoms with Crippen LogP contribution in [0.15, 0.2) is 30.3 Å². The van der Waals surface area contributed by atoms with E-state index in [1.807, 2.05) is 0 Å². The van der Waals surface area contributed by atoms with Crippen molar-refractivity contribution in [2.75, 3.05) is 13.1 Å². The van der Waals surface area contributed by atoms with Crippen LogP contribution < -0.4 is 5.73 Å². The Morgan fingerprint density at radius 1 is 1.29 bits per heavy atom. The van der Waals surface area contributed by atoms with Crippen molar-refractivity contribution in [2.45, 2.75) is 18.6 Å². The Hall–Kier alpha value is -1.53. The fourth-order valence-electron chi connectivity index (χ4n) is 2.04. The van der Waals surface area contributed by atoms with Crippen molar-refractivity contribution in [3.8, 4) is 0 Å². The standard InChI is InChI=1S/C14H15F3N2O.ClH/c15-14(16,17)11-4-1-10(2-5-11)3-6-13(20)19-8-7-12(18)9-19;/h1-6,12H,7-9,18H2;1H/b6-3+;/t12-;/m1./s1. The molecule has 0 aliphatic carbocycles. The molecule has 0 saturated carbocycles. The Bertz CT molecular complexity index is 514. The summed E-state index contributed by atoms with van der Waals surface area (Å²) in [5, 5.41) is 0. The van der Waals surface area contributed by atoms with Crippen molar-refractivity contribution in [3.05, 3.63) is 41.5 Å². The molecule has 0 aromatic heterocycles. The topological polar surface area (TPSA) is 46.3 Å². The molecule has 1 aromatic carbocycles. The highest BCUT2D eigenvalue weighted by Gasteiger charge is 2.29. The Labute approximate surface area is 127 Å². The number of alkyl halides is 3. The van der Waals surface area contributed by atoms with E-state index >= 15 is 0 Å². The molecule has 116 valence electrons. The van der Waals surface area contributed by atoms with Crippen molar-refractivity contribution in [3.63, 3.8) is 0 Å². The van der Waals surface area contributed by atoms with E-state index in [1.54, 1.807) is 4.90 Å². The van der Waals surface area contributed by atoms with E-state index in [-0.39, 0.29) is 24.4 Å². The summed E-state index contributed by atoms with van der Waals surface area (Å²) in [5.41, 5.74) is 5.55. The number of nitrogens with two attached hydrogens (primary N) is 1. The number of hydrogen-bond donors (Lipinski definition) is 1. The van der Waals surface area contributed by atoms with Gasteiger partial charge in [0.05, 0.1) is 5.56 Å². The van der Waals surface area contributed by atoms with Gasteiger partial charge in [-0.3, -0.25) is 4.79 Å². The molecule has 1 amide bonds. The molecule has 7 heteroatoms. The number of rotatable bonds is 2. The van der Waals surface area contributed by atoms with Gasteiger partial charge in [0.15, 0.2) is 0 Å². The first-order chi connectivity index (χ1) is 9.36. The summed E-state index contributed by atoms with van der Waals surface area (Å²) >= 11 is 0. The predicted octanol–water partition coefficient (Wildman–Crippen LogP) is 2.70. The number of carbonyl (C=O) groups excluding carboxylic acids is 1. The number of carbonyl (C=O) groups is 1. The summed E-state index contributed by atoms with van der Waals surface area (Å²) in [6.45, 7) is 1.15. The van der Waals surface area contributed by atoms with Gasteiger partial charge < -0.3 is 10.6 Å². The van der Waals surface area contributed by atoms with Crippen molar-refractivity contribution in [1.82, 2.24) is 4.90 Å². The van der Waals surface area contributed by atoms with E-state index in [2.05, 4.69) is 0 Å². The first-order valence-corrected chi connectivity index (χ1v) is 6.26. The lowest BCUT2D eigenvalue weighted by molar-refractivity contribution is -0.137. The average molecular weight is 321 g/mol. The van der Waals surface area contributed by atoms with E-state index in [4.69, 9.17) is 5.73 Å². The molecule has 2 rings (SSSR count). The average Bonchev–Trinajstić information content (AvgIpc) is 2.82. The Morgan fingerprint density at radius 2 is 1.90 bits per heavy atom. The first kappa shape index (κ1) is 17.5. The zero-order chi connectivity index (χ0) is 14.8. The molecule has 21 heavy (non-hydrogen) atoms. The fraction of sp³-hybridized carbons (Fsp3) is 0.357. The molecular weight excluding hydrogens is 305 g/mol. The normalized spacial score (nSPS) is 18.9. The van der Waals surface area contributed by atoms with Crippen LogP contribution in [0.5, 0.6) is 0 Å². The molecule has 1 aliphatic heterocycles. The van der Waals surface area contributed by atoms with Gasteiger partial charge in [0.25, 0.3) is 0 Å². The highest BCUT2D eigenvalue weighted by atomic mass is 35.5. The van der Waals surface area contributed by atoms with Crippen LogP contribution in [0, 0.1) is 0 Å². The number of amides is 1. The van der Waals surface area contributed by atoms with Gasteiger partial charge in [-0.05, 0) is 30.2 Å². The first-order valence-electron chi connectivity index (χ1n) is 6.26. The van der Waals surface area contributed by atoms with E-state index in [1.165, 1.54) is 24.3 Å². The van der Waals surface area contributed by atoms with Gasteiger partial charge in [0.2, 0.25) is 5.91 Å². The number of halogens is 4. The zero-order valence-electron chi connectivity index (χ0n) is 11.1. The van der Waals surface area contributed by atoms with Crippen molar-refractivity contribution in [2.24, 2.45) is 5.73 Å². The summed E-state index contributed by atoms with van der Waals surface area (Å²) in [5.74, 6) is -0.169. The molecule has 3 nitrogen and oxygen atoms in total. The highest BCUT2D eigenvalue weighted by Crippen LogP contribution is 2.29. The fourth-order valence-corrected chi connectivity index (χ4v) is 2.04. The van der Waals surface area contributed by atoms with Crippen LogP contribution in [-0.4, -0.2) is 29.9 Å². The summed E-state index contributed by atoms with van der Waals surface area (Å²) in [6.07, 6.45) is -0.698. The van der Waals surface area contributed by atoms with Crippen molar-refractivity contribution >= 4 is 24.4 Å². The number of benzene rings is 1. The lowest BCUT2D eigenvalue weighted by Crippen LogP contribution is -2.30. The van der Waals surface area contributed by atoms with E-state index in [0.717, 1.165) is 18.6 Å². The molecule has 1 aromatic rings. The number of nitrogens with zero attached hydrogens (tertiary/aromatic N) is 1. The summed E-state index contributed by atoms with van der Waals surface area (Å²) < 4.78 is 37.2. The molecule has 1 aliphatic rings. The molecule has 0 spiro atoms. The molecule has 0 radical (unpaired) electrons. The Kier molecular flexibility index (Phi) is 5.80. The van der Waals surface area contributed by atoms with Crippen LogP contribution in [0.4, 0.5) is 13.2 Å². The van der Waals surface area contributed by atoms with Gasteiger partial charge in [-0.25, -0.2) is 0 Å².